The molecule has 0 fully saturated rings. The number of rotatable bonds is 6. The molecule has 1 N–H and O–H groups in total. The van der Waals surface area contributed by atoms with Crippen LogP contribution in [-0.2, 0) is 6.61 Å². The molecule has 0 saturated heterocycles. The number of phenols is 1. The molecular formula is C18H16O4S. The van der Waals surface area contributed by atoms with Crippen molar-refractivity contribution in [3.8, 4) is 17.4 Å². The highest BCUT2D eigenvalue weighted by atomic mass is 32.2. The van der Waals surface area contributed by atoms with Crippen molar-refractivity contribution >= 4 is 11.8 Å². The summed E-state index contributed by atoms with van der Waals surface area (Å²) in [6.07, 6.45) is 1.61. The van der Waals surface area contributed by atoms with Crippen LogP contribution in [0.2, 0.25) is 0 Å². The molecule has 118 valence electrons. The lowest BCUT2D eigenvalue weighted by Gasteiger charge is -2.07. The van der Waals surface area contributed by atoms with Crippen LogP contribution in [0.25, 0.3) is 0 Å². The highest BCUT2D eigenvalue weighted by Crippen LogP contribution is 2.36. The van der Waals surface area contributed by atoms with Crippen molar-refractivity contribution in [1.29, 1.82) is 0 Å². The second-order valence-corrected chi connectivity index (χ2v) is 5.92. The molecule has 3 aromatic rings. The smallest absolute Gasteiger partial charge is 0.298 e. The van der Waals surface area contributed by atoms with Gasteiger partial charge >= 0.3 is 0 Å². The summed E-state index contributed by atoms with van der Waals surface area (Å²) < 4.78 is 16.1. The molecule has 1 aromatic heterocycles. The summed E-state index contributed by atoms with van der Waals surface area (Å²) in [6, 6.07) is 16.7. The van der Waals surface area contributed by atoms with Crippen LogP contribution in [0.15, 0.2) is 75.1 Å². The lowest BCUT2D eigenvalue weighted by Crippen LogP contribution is -1.94. The van der Waals surface area contributed by atoms with Crippen LogP contribution >= 0.6 is 11.8 Å². The van der Waals surface area contributed by atoms with Crippen LogP contribution in [0, 0.1) is 0 Å². The van der Waals surface area contributed by atoms with Gasteiger partial charge in [-0.3, -0.25) is 0 Å². The molecule has 0 aliphatic heterocycles. The average Bonchev–Trinajstić information content (AvgIpc) is 3.01. The minimum atomic E-state index is 0.243. The van der Waals surface area contributed by atoms with Crippen molar-refractivity contribution in [2.45, 2.75) is 16.4 Å². The molecule has 0 amide bonds. The van der Waals surface area contributed by atoms with Gasteiger partial charge in [0.05, 0.1) is 18.3 Å². The zero-order valence-electron chi connectivity index (χ0n) is 12.6. The van der Waals surface area contributed by atoms with Crippen molar-refractivity contribution in [1.82, 2.24) is 0 Å². The zero-order valence-corrected chi connectivity index (χ0v) is 13.4. The molecule has 4 nitrogen and oxygen atoms in total. The largest absolute Gasteiger partial charge is 0.508 e. The van der Waals surface area contributed by atoms with E-state index < -0.39 is 0 Å². The first-order valence-corrected chi connectivity index (χ1v) is 7.86. The van der Waals surface area contributed by atoms with E-state index in [1.165, 1.54) is 0 Å². The number of aromatic hydroxyl groups is 1. The first kappa shape index (κ1) is 15.4. The second kappa shape index (κ2) is 7.15. The first-order chi connectivity index (χ1) is 11.2. The number of methoxy groups -OCH3 is 1. The van der Waals surface area contributed by atoms with E-state index in [1.54, 1.807) is 43.3 Å². The monoisotopic (exact) mass is 328 g/mol. The van der Waals surface area contributed by atoms with Gasteiger partial charge in [-0.15, -0.1) is 0 Å². The Labute approximate surface area is 138 Å². The molecule has 1 heterocycles. The number of benzene rings is 2. The molecule has 2 aromatic carbocycles. The SMILES string of the molecule is COc1occc1Sc1ccc(OCc2cccc(O)c2)cc1. The summed E-state index contributed by atoms with van der Waals surface area (Å²) >= 11 is 1.56. The number of ether oxygens (including phenoxy) is 2. The van der Waals surface area contributed by atoms with Crippen molar-refractivity contribution in [2.24, 2.45) is 0 Å². The minimum absolute atomic E-state index is 0.243. The number of furan rings is 1. The predicted molar refractivity (Wildman–Crippen MR) is 88.3 cm³/mol. The van der Waals surface area contributed by atoms with E-state index in [1.807, 2.05) is 36.4 Å². The molecule has 3 rings (SSSR count). The van der Waals surface area contributed by atoms with E-state index in [-0.39, 0.29) is 5.75 Å². The van der Waals surface area contributed by atoms with Gasteiger partial charge in [0.2, 0.25) is 0 Å². The van der Waals surface area contributed by atoms with Crippen LogP contribution in [0.5, 0.6) is 17.4 Å². The van der Waals surface area contributed by atoms with Crippen LogP contribution in [0.4, 0.5) is 0 Å². The Morgan fingerprint density at radius 1 is 1.09 bits per heavy atom. The molecule has 0 bridgehead atoms. The van der Waals surface area contributed by atoms with Gasteiger partial charge in [0.1, 0.15) is 18.1 Å². The Bertz CT molecular complexity index is 765. The molecular weight excluding hydrogens is 312 g/mol. The fraction of sp³-hybridized carbons (Fsp3) is 0.111. The predicted octanol–water partition coefficient (Wildman–Crippen LogP) is 4.72. The molecule has 0 aliphatic carbocycles. The first-order valence-electron chi connectivity index (χ1n) is 7.05. The third kappa shape index (κ3) is 4.02. The summed E-state index contributed by atoms with van der Waals surface area (Å²) in [6.45, 7) is 0.413. The van der Waals surface area contributed by atoms with Crippen molar-refractivity contribution in [3.63, 3.8) is 0 Å². The van der Waals surface area contributed by atoms with E-state index in [0.717, 1.165) is 21.1 Å². The quantitative estimate of drug-likeness (QED) is 0.709. The van der Waals surface area contributed by atoms with Crippen LogP contribution < -0.4 is 9.47 Å². The molecule has 5 heteroatoms. The molecule has 23 heavy (non-hydrogen) atoms. The summed E-state index contributed by atoms with van der Waals surface area (Å²) in [5.41, 5.74) is 0.923. The Morgan fingerprint density at radius 3 is 2.65 bits per heavy atom. The maximum atomic E-state index is 9.44. The van der Waals surface area contributed by atoms with Gasteiger partial charge in [-0.1, -0.05) is 23.9 Å². The van der Waals surface area contributed by atoms with Gasteiger partial charge in [0.25, 0.3) is 5.95 Å². The summed E-state index contributed by atoms with van der Waals surface area (Å²) in [5, 5.41) is 9.44. The summed E-state index contributed by atoms with van der Waals surface area (Å²) in [7, 11) is 1.58. The maximum absolute atomic E-state index is 9.44. The summed E-state index contributed by atoms with van der Waals surface area (Å²) in [4.78, 5) is 2.00. The van der Waals surface area contributed by atoms with Gasteiger partial charge in [-0.25, -0.2) is 0 Å². The van der Waals surface area contributed by atoms with Crippen molar-refractivity contribution < 1.29 is 19.0 Å². The molecule has 0 radical (unpaired) electrons. The van der Waals surface area contributed by atoms with Crippen LogP contribution in [0.3, 0.4) is 0 Å². The Hall–Kier alpha value is -2.53. The van der Waals surface area contributed by atoms with Gasteiger partial charge in [-0.05, 0) is 48.0 Å². The lowest BCUT2D eigenvalue weighted by atomic mass is 10.2. The maximum Gasteiger partial charge on any atom is 0.298 e. The Balaban J connectivity index is 1.61. The third-order valence-electron chi connectivity index (χ3n) is 3.15. The fourth-order valence-electron chi connectivity index (χ4n) is 2.05. The van der Waals surface area contributed by atoms with E-state index in [2.05, 4.69) is 0 Å². The highest BCUT2D eigenvalue weighted by molar-refractivity contribution is 7.99. The van der Waals surface area contributed by atoms with Crippen LogP contribution in [0.1, 0.15) is 5.56 Å². The fourth-order valence-corrected chi connectivity index (χ4v) is 2.92. The molecule has 0 aliphatic rings. The summed E-state index contributed by atoms with van der Waals surface area (Å²) in [5.74, 6) is 1.53. The molecule has 0 saturated carbocycles. The Morgan fingerprint density at radius 2 is 1.91 bits per heavy atom. The molecule has 0 unspecified atom stereocenters. The van der Waals surface area contributed by atoms with E-state index in [9.17, 15) is 5.11 Å². The standard InChI is InChI=1S/C18H16O4S/c1-20-18-17(9-10-21-18)23-16-7-5-15(6-8-16)22-12-13-3-2-4-14(19)11-13/h2-11,19H,12H2,1H3. The topological polar surface area (TPSA) is 51.8 Å². The third-order valence-corrected chi connectivity index (χ3v) is 4.18. The average molecular weight is 328 g/mol. The van der Waals surface area contributed by atoms with Gasteiger partial charge in [0.15, 0.2) is 0 Å². The van der Waals surface area contributed by atoms with Gasteiger partial charge in [-0.2, -0.15) is 0 Å². The van der Waals surface area contributed by atoms with E-state index in [0.29, 0.717) is 12.6 Å². The van der Waals surface area contributed by atoms with Crippen LogP contribution in [-0.4, -0.2) is 12.2 Å². The normalized spacial score (nSPS) is 10.5. The van der Waals surface area contributed by atoms with E-state index in [4.69, 9.17) is 13.9 Å². The highest BCUT2D eigenvalue weighted by Gasteiger charge is 2.08. The Kier molecular flexibility index (Phi) is 4.78. The molecule has 0 atom stereocenters. The number of hydrogen-bond donors (Lipinski definition) is 1. The van der Waals surface area contributed by atoms with E-state index >= 15 is 0 Å². The van der Waals surface area contributed by atoms with Gasteiger partial charge < -0.3 is 19.0 Å². The van der Waals surface area contributed by atoms with Gasteiger partial charge in [0, 0.05) is 4.90 Å². The van der Waals surface area contributed by atoms with Crippen molar-refractivity contribution in [2.75, 3.05) is 7.11 Å². The zero-order chi connectivity index (χ0) is 16.1. The molecule has 0 spiro atoms. The number of phenolic OH excluding ortho intramolecular Hbond substituents is 1. The lowest BCUT2D eigenvalue weighted by molar-refractivity contribution is 0.296. The van der Waals surface area contributed by atoms with Crippen molar-refractivity contribution in [3.05, 3.63) is 66.4 Å². The minimum Gasteiger partial charge on any atom is -0.508 e. The second-order valence-electron chi connectivity index (χ2n) is 4.81. The number of hydrogen-bond acceptors (Lipinski definition) is 5.